The lowest BCUT2D eigenvalue weighted by Crippen LogP contribution is -2.60. The van der Waals surface area contributed by atoms with Crippen molar-refractivity contribution in [3.8, 4) is 11.5 Å². The monoisotopic (exact) mass is 451 g/mol. The van der Waals surface area contributed by atoms with Crippen molar-refractivity contribution in [2.45, 2.75) is 19.5 Å². The molecule has 0 unspecified atom stereocenters. The maximum atomic E-state index is 13.2. The second kappa shape index (κ2) is 9.91. The number of carbonyl (C=O) groups excluding carboxylic acids is 2. The van der Waals surface area contributed by atoms with Gasteiger partial charge in [0.15, 0.2) is 0 Å². The molecule has 1 atom stereocenters. The highest BCUT2D eigenvalue weighted by atomic mass is 16.5. The summed E-state index contributed by atoms with van der Waals surface area (Å²) in [5, 5.41) is 1.40. The van der Waals surface area contributed by atoms with Gasteiger partial charge in [0.2, 0.25) is 5.84 Å². The van der Waals surface area contributed by atoms with Crippen LogP contribution in [0.5, 0.6) is 11.5 Å². The number of hydrogen-bond donors (Lipinski definition) is 1. The Hall–Kier alpha value is -3.59. The first-order valence-electron chi connectivity index (χ1n) is 11.0. The van der Waals surface area contributed by atoms with Gasteiger partial charge in [0.05, 0.1) is 19.9 Å². The lowest BCUT2D eigenvalue weighted by Gasteiger charge is -2.37. The fourth-order valence-electron chi connectivity index (χ4n) is 4.00. The van der Waals surface area contributed by atoms with Crippen molar-refractivity contribution in [3.05, 3.63) is 54.1 Å². The summed E-state index contributed by atoms with van der Waals surface area (Å²) in [5.74, 6) is 1.39. The summed E-state index contributed by atoms with van der Waals surface area (Å²) in [6, 6.07) is 14.3. The van der Waals surface area contributed by atoms with E-state index in [9.17, 15) is 9.59 Å². The lowest BCUT2D eigenvalue weighted by molar-refractivity contribution is -0.126. The standard InChI is InChI=1S/C24H29N5O4/c1-17-23(30)29(19-7-5-4-6-8-19)26-22(25-17)24(31)28-13-11-27(12-14-28)16-18-15-20(32-2)9-10-21(18)33-3/h4-10,15,17H,11-14,16H2,1-3H3,(H,25,26)/t17-/m0/s1. The number of nitrogens with one attached hydrogen (secondary N) is 1. The molecule has 1 N–H and O–H groups in total. The number of amides is 2. The van der Waals surface area contributed by atoms with Gasteiger partial charge in [-0.3, -0.25) is 19.9 Å². The minimum atomic E-state index is -0.632. The van der Waals surface area contributed by atoms with Crippen molar-refractivity contribution in [2.24, 2.45) is 4.99 Å². The summed E-state index contributed by atoms with van der Waals surface area (Å²) in [6.45, 7) is 4.98. The van der Waals surface area contributed by atoms with E-state index in [0.29, 0.717) is 25.3 Å². The molecule has 9 nitrogen and oxygen atoms in total. The van der Waals surface area contributed by atoms with Crippen molar-refractivity contribution < 1.29 is 19.1 Å². The first-order valence-corrected chi connectivity index (χ1v) is 11.0. The molecule has 2 amide bonds. The van der Waals surface area contributed by atoms with E-state index in [1.807, 2.05) is 48.5 Å². The predicted molar refractivity (Wildman–Crippen MR) is 125 cm³/mol. The Balaban J connectivity index is 1.39. The molecule has 0 radical (unpaired) electrons. The van der Waals surface area contributed by atoms with Crippen molar-refractivity contribution >= 4 is 23.3 Å². The van der Waals surface area contributed by atoms with E-state index in [1.165, 1.54) is 5.01 Å². The third-order valence-corrected chi connectivity index (χ3v) is 5.88. The summed E-state index contributed by atoms with van der Waals surface area (Å²) in [5.41, 5.74) is 4.64. The number of ether oxygens (including phenoxy) is 2. The van der Waals surface area contributed by atoms with Crippen LogP contribution in [0.1, 0.15) is 12.5 Å². The molecule has 0 bridgehead atoms. The number of piperazine rings is 1. The summed E-state index contributed by atoms with van der Waals surface area (Å²) in [4.78, 5) is 34.1. The quantitative estimate of drug-likeness (QED) is 0.719. The molecule has 174 valence electrons. The average molecular weight is 452 g/mol. The van der Waals surface area contributed by atoms with Crippen LogP contribution < -0.4 is 19.9 Å². The zero-order valence-corrected chi connectivity index (χ0v) is 19.2. The zero-order chi connectivity index (χ0) is 23.4. The predicted octanol–water partition coefficient (Wildman–Crippen LogP) is 1.69. The van der Waals surface area contributed by atoms with Crippen molar-refractivity contribution in [2.75, 3.05) is 45.4 Å². The molecule has 0 aliphatic carbocycles. The van der Waals surface area contributed by atoms with Crippen LogP contribution in [0.3, 0.4) is 0 Å². The molecule has 2 aliphatic rings. The number of hydrazine groups is 1. The number of aliphatic imine (C=N–C) groups is 1. The molecule has 1 fully saturated rings. The van der Waals surface area contributed by atoms with Gasteiger partial charge < -0.3 is 14.4 Å². The Morgan fingerprint density at radius 2 is 1.79 bits per heavy atom. The van der Waals surface area contributed by atoms with Crippen LogP contribution in [-0.4, -0.2) is 73.9 Å². The third-order valence-electron chi connectivity index (χ3n) is 5.88. The van der Waals surface area contributed by atoms with Gasteiger partial charge >= 0.3 is 0 Å². The van der Waals surface area contributed by atoms with E-state index < -0.39 is 6.04 Å². The molecule has 2 heterocycles. The molecule has 2 aromatic carbocycles. The van der Waals surface area contributed by atoms with E-state index in [4.69, 9.17) is 9.47 Å². The largest absolute Gasteiger partial charge is 0.497 e. The highest BCUT2D eigenvalue weighted by Crippen LogP contribution is 2.25. The summed E-state index contributed by atoms with van der Waals surface area (Å²) in [6.07, 6.45) is 0. The highest BCUT2D eigenvalue weighted by molar-refractivity contribution is 6.39. The van der Waals surface area contributed by atoms with Crippen LogP contribution in [0.25, 0.3) is 0 Å². The van der Waals surface area contributed by atoms with E-state index in [-0.39, 0.29) is 17.6 Å². The molecule has 0 aromatic heterocycles. The number of methoxy groups -OCH3 is 2. The van der Waals surface area contributed by atoms with Gasteiger partial charge in [0.1, 0.15) is 17.5 Å². The second-order valence-corrected chi connectivity index (χ2v) is 8.02. The lowest BCUT2D eigenvalue weighted by atomic mass is 10.1. The van der Waals surface area contributed by atoms with Gasteiger partial charge in [-0.2, -0.15) is 0 Å². The maximum absolute atomic E-state index is 13.2. The van der Waals surface area contributed by atoms with Gasteiger partial charge in [-0.05, 0) is 37.3 Å². The second-order valence-electron chi connectivity index (χ2n) is 8.02. The molecule has 0 saturated carbocycles. The number of benzene rings is 2. The van der Waals surface area contributed by atoms with Crippen molar-refractivity contribution in [1.82, 2.24) is 15.2 Å². The number of carbonyl (C=O) groups is 2. The summed E-state index contributed by atoms with van der Waals surface area (Å²) >= 11 is 0. The molecule has 2 aliphatic heterocycles. The Labute approximate surface area is 193 Å². The number of amidine groups is 1. The molecular formula is C24H29N5O4. The fraction of sp³-hybridized carbons (Fsp3) is 0.375. The van der Waals surface area contributed by atoms with Crippen LogP contribution in [0.4, 0.5) is 5.69 Å². The Morgan fingerprint density at radius 3 is 2.45 bits per heavy atom. The van der Waals surface area contributed by atoms with Gasteiger partial charge in [-0.1, -0.05) is 18.2 Å². The van der Waals surface area contributed by atoms with E-state index in [1.54, 1.807) is 26.0 Å². The van der Waals surface area contributed by atoms with Gasteiger partial charge in [0.25, 0.3) is 11.8 Å². The third kappa shape index (κ3) is 4.93. The molecule has 33 heavy (non-hydrogen) atoms. The summed E-state index contributed by atoms with van der Waals surface area (Å²) < 4.78 is 10.8. The Kier molecular flexibility index (Phi) is 6.79. The highest BCUT2D eigenvalue weighted by Gasteiger charge is 2.33. The first-order chi connectivity index (χ1) is 16.0. The topological polar surface area (TPSA) is 86.7 Å². The Morgan fingerprint density at radius 1 is 1.06 bits per heavy atom. The molecule has 2 aromatic rings. The molecule has 9 heteroatoms. The van der Waals surface area contributed by atoms with Gasteiger partial charge in [-0.25, -0.2) is 10.0 Å². The molecular weight excluding hydrogens is 422 g/mol. The minimum absolute atomic E-state index is 0.189. The number of nitrogens with zero attached hydrogens (tertiary/aromatic N) is 4. The van der Waals surface area contributed by atoms with Crippen molar-refractivity contribution in [3.63, 3.8) is 0 Å². The van der Waals surface area contributed by atoms with Crippen LogP contribution in [0, 0.1) is 0 Å². The smallest absolute Gasteiger partial charge is 0.290 e. The van der Waals surface area contributed by atoms with Gasteiger partial charge in [0, 0.05) is 38.3 Å². The van der Waals surface area contributed by atoms with E-state index in [0.717, 1.165) is 30.2 Å². The number of para-hydroxylation sites is 1. The molecule has 0 spiro atoms. The van der Waals surface area contributed by atoms with Crippen molar-refractivity contribution in [1.29, 1.82) is 0 Å². The Bertz CT molecular complexity index is 1030. The minimum Gasteiger partial charge on any atom is -0.497 e. The van der Waals surface area contributed by atoms with Crippen LogP contribution in [0.15, 0.2) is 53.5 Å². The summed E-state index contributed by atoms with van der Waals surface area (Å²) in [7, 11) is 3.30. The van der Waals surface area contributed by atoms with E-state index >= 15 is 0 Å². The van der Waals surface area contributed by atoms with E-state index in [2.05, 4.69) is 15.3 Å². The van der Waals surface area contributed by atoms with Crippen LogP contribution in [0.2, 0.25) is 0 Å². The van der Waals surface area contributed by atoms with Gasteiger partial charge in [-0.15, -0.1) is 0 Å². The number of anilines is 1. The average Bonchev–Trinajstić information content (AvgIpc) is 2.86. The van der Waals surface area contributed by atoms with Crippen LogP contribution in [-0.2, 0) is 16.1 Å². The zero-order valence-electron chi connectivity index (χ0n) is 19.2. The SMILES string of the molecule is COc1ccc(OC)c(CN2CCN(C(=O)C3=N[C@@H](C)C(=O)N(c4ccccc4)N3)CC2)c1. The number of rotatable bonds is 6. The molecule has 1 saturated heterocycles. The maximum Gasteiger partial charge on any atom is 0.290 e. The van der Waals surface area contributed by atoms with Crippen LogP contribution >= 0.6 is 0 Å². The fourth-order valence-corrected chi connectivity index (χ4v) is 4.00. The number of hydrogen-bond acceptors (Lipinski definition) is 7. The first kappa shape index (κ1) is 22.6. The normalized spacial score (nSPS) is 19.1. The molecule has 4 rings (SSSR count).